The molecule has 4 rings (SSSR count). The van der Waals surface area contributed by atoms with Gasteiger partial charge < -0.3 is 4.98 Å². The first kappa shape index (κ1) is 10.4. The first-order chi connectivity index (χ1) is 9.40. The number of aromatic amines is 1. The van der Waals surface area contributed by atoms with Gasteiger partial charge in [0.15, 0.2) is 5.65 Å². The summed E-state index contributed by atoms with van der Waals surface area (Å²) in [6, 6.07) is 6.62. The predicted octanol–water partition coefficient (Wildman–Crippen LogP) is 2.51. The monoisotopic (exact) mass is 248 g/mol. The highest BCUT2D eigenvalue weighted by Gasteiger charge is 2.09. The van der Waals surface area contributed by atoms with Crippen LogP contribution < -0.4 is 0 Å². The largest absolute Gasteiger partial charge is 0.342 e. The Morgan fingerprint density at radius 3 is 3.16 bits per heavy atom. The molecule has 0 amide bonds. The molecular formula is C15H12N4. The zero-order valence-corrected chi connectivity index (χ0v) is 10.3. The third kappa shape index (κ3) is 1.73. The van der Waals surface area contributed by atoms with Crippen molar-refractivity contribution in [2.45, 2.75) is 12.8 Å². The minimum atomic E-state index is 0.728. The molecule has 0 bridgehead atoms. The number of hydrogen-bond donors (Lipinski definition) is 1. The Labute approximate surface area is 110 Å². The minimum absolute atomic E-state index is 0.728. The molecule has 0 radical (unpaired) electrons. The predicted molar refractivity (Wildman–Crippen MR) is 73.7 cm³/mol. The summed E-state index contributed by atoms with van der Waals surface area (Å²) >= 11 is 0. The van der Waals surface area contributed by atoms with E-state index in [1.54, 1.807) is 12.7 Å². The van der Waals surface area contributed by atoms with Crippen LogP contribution in [0.1, 0.15) is 22.4 Å². The van der Waals surface area contributed by atoms with Crippen molar-refractivity contribution < 1.29 is 0 Å². The number of rotatable bonds is 2. The number of nitrogens with zero attached hydrogens (tertiary/aromatic N) is 3. The van der Waals surface area contributed by atoms with E-state index in [2.05, 4.69) is 50.3 Å². The van der Waals surface area contributed by atoms with Crippen LogP contribution in [0.15, 0.2) is 36.9 Å². The van der Waals surface area contributed by atoms with Gasteiger partial charge in [-0.15, -0.1) is 0 Å². The van der Waals surface area contributed by atoms with Crippen molar-refractivity contribution >= 4 is 17.2 Å². The van der Waals surface area contributed by atoms with E-state index >= 15 is 0 Å². The van der Waals surface area contributed by atoms with Gasteiger partial charge in [0.05, 0.1) is 12.0 Å². The summed E-state index contributed by atoms with van der Waals surface area (Å²) in [7, 11) is 0. The van der Waals surface area contributed by atoms with Crippen LogP contribution in [0.2, 0.25) is 0 Å². The quantitative estimate of drug-likeness (QED) is 0.758. The van der Waals surface area contributed by atoms with Gasteiger partial charge in [0, 0.05) is 6.42 Å². The van der Waals surface area contributed by atoms with E-state index in [1.165, 1.54) is 16.7 Å². The third-order valence-corrected chi connectivity index (χ3v) is 3.52. The molecule has 4 heteroatoms. The number of aromatic nitrogens is 4. The van der Waals surface area contributed by atoms with E-state index < -0.39 is 0 Å². The normalized spacial score (nSPS) is 13.1. The number of imidazole rings is 1. The smallest absolute Gasteiger partial charge is 0.180 e. The summed E-state index contributed by atoms with van der Waals surface area (Å²) in [4.78, 5) is 15.8. The number of benzene rings is 1. The number of allylic oxidation sites excluding steroid dienone is 1. The van der Waals surface area contributed by atoms with E-state index in [0.29, 0.717) is 0 Å². The highest BCUT2D eigenvalue weighted by molar-refractivity contribution is 5.72. The van der Waals surface area contributed by atoms with Crippen LogP contribution in [0, 0.1) is 0 Å². The van der Waals surface area contributed by atoms with Crippen molar-refractivity contribution in [1.82, 2.24) is 19.9 Å². The number of nitrogens with one attached hydrogen (secondary N) is 1. The van der Waals surface area contributed by atoms with Crippen molar-refractivity contribution in [3.8, 4) is 0 Å². The Hall–Kier alpha value is -2.49. The van der Waals surface area contributed by atoms with Gasteiger partial charge in [-0.25, -0.2) is 15.0 Å². The zero-order valence-electron chi connectivity index (χ0n) is 10.3. The van der Waals surface area contributed by atoms with Gasteiger partial charge in [0.25, 0.3) is 0 Å². The molecule has 1 aliphatic carbocycles. The topological polar surface area (TPSA) is 54.5 Å². The molecule has 1 aromatic carbocycles. The summed E-state index contributed by atoms with van der Waals surface area (Å²) in [5.74, 6) is 0. The molecule has 0 unspecified atom stereocenters. The van der Waals surface area contributed by atoms with E-state index in [0.717, 1.165) is 29.7 Å². The van der Waals surface area contributed by atoms with Crippen molar-refractivity contribution in [2.24, 2.45) is 0 Å². The molecule has 2 heterocycles. The van der Waals surface area contributed by atoms with E-state index in [4.69, 9.17) is 0 Å². The Bertz CT molecular complexity index is 786. The lowest BCUT2D eigenvalue weighted by Crippen LogP contribution is -1.96. The van der Waals surface area contributed by atoms with E-state index in [-0.39, 0.29) is 0 Å². The molecule has 0 fully saturated rings. The second-order valence-electron chi connectivity index (χ2n) is 4.74. The maximum absolute atomic E-state index is 4.37. The van der Waals surface area contributed by atoms with Crippen LogP contribution >= 0.6 is 0 Å². The van der Waals surface area contributed by atoms with Gasteiger partial charge in [-0.2, -0.15) is 0 Å². The second kappa shape index (κ2) is 4.02. The van der Waals surface area contributed by atoms with Gasteiger partial charge in [-0.05, 0) is 23.1 Å². The average molecular weight is 248 g/mol. The van der Waals surface area contributed by atoms with Crippen LogP contribution in [-0.4, -0.2) is 19.9 Å². The first-order valence-corrected chi connectivity index (χ1v) is 6.31. The van der Waals surface area contributed by atoms with Gasteiger partial charge in [-0.3, -0.25) is 0 Å². The van der Waals surface area contributed by atoms with Crippen LogP contribution in [0.3, 0.4) is 0 Å². The van der Waals surface area contributed by atoms with Crippen molar-refractivity contribution in [2.75, 3.05) is 0 Å². The van der Waals surface area contributed by atoms with Crippen molar-refractivity contribution in [1.29, 1.82) is 0 Å². The molecule has 1 N–H and O–H groups in total. The summed E-state index contributed by atoms with van der Waals surface area (Å²) in [5.41, 5.74) is 6.64. The molecule has 0 atom stereocenters. The minimum Gasteiger partial charge on any atom is -0.342 e. The van der Waals surface area contributed by atoms with Crippen molar-refractivity contribution in [3.63, 3.8) is 0 Å². The maximum atomic E-state index is 4.37. The van der Waals surface area contributed by atoms with Crippen LogP contribution in [-0.2, 0) is 12.8 Å². The van der Waals surface area contributed by atoms with Gasteiger partial charge in [-0.1, -0.05) is 30.4 Å². The van der Waals surface area contributed by atoms with Crippen LogP contribution in [0.25, 0.3) is 17.2 Å². The van der Waals surface area contributed by atoms with Gasteiger partial charge >= 0.3 is 0 Å². The molecule has 19 heavy (non-hydrogen) atoms. The lowest BCUT2D eigenvalue weighted by atomic mass is 10.0. The molecule has 0 saturated heterocycles. The number of H-pyrrole nitrogens is 1. The average Bonchev–Trinajstić information content (AvgIpc) is 3.06. The molecule has 3 aromatic rings. The summed E-state index contributed by atoms with van der Waals surface area (Å²) in [6.45, 7) is 0. The fourth-order valence-electron chi connectivity index (χ4n) is 2.55. The summed E-state index contributed by atoms with van der Waals surface area (Å²) < 4.78 is 0. The number of hydrogen-bond acceptors (Lipinski definition) is 3. The van der Waals surface area contributed by atoms with Crippen LogP contribution in [0.4, 0.5) is 0 Å². The summed E-state index contributed by atoms with van der Waals surface area (Å²) in [5, 5.41) is 0. The number of fused-ring (bicyclic) bond motifs is 2. The molecule has 0 aliphatic heterocycles. The lowest BCUT2D eigenvalue weighted by molar-refractivity contribution is 1.05. The zero-order chi connectivity index (χ0) is 12.7. The van der Waals surface area contributed by atoms with E-state index in [9.17, 15) is 0 Å². The summed E-state index contributed by atoms with van der Waals surface area (Å²) in [6.07, 6.45) is 9.47. The third-order valence-electron chi connectivity index (χ3n) is 3.52. The fourth-order valence-corrected chi connectivity index (χ4v) is 2.55. The maximum Gasteiger partial charge on any atom is 0.180 e. The van der Waals surface area contributed by atoms with Gasteiger partial charge in [0.1, 0.15) is 11.8 Å². The van der Waals surface area contributed by atoms with Crippen LogP contribution in [0.5, 0.6) is 0 Å². The first-order valence-electron chi connectivity index (χ1n) is 6.31. The molecule has 2 aromatic heterocycles. The molecule has 1 aliphatic rings. The standard InChI is InChI=1S/C15H12N4/c1-2-11-5-4-10(6-12(11)3-1)7-13-14-15(18-8-16-13)19-9-17-14/h1,3-6,8-9H,2,7H2,(H,16,17,18,19). The molecule has 92 valence electrons. The highest BCUT2D eigenvalue weighted by atomic mass is 15.0. The Kier molecular flexibility index (Phi) is 2.21. The molecular weight excluding hydrogens is 236 g/mol. The fraction of sp³-hybridized carbons (Fsp3) is 0.133. The molecule has 0 saturated carbocycles. The Morgan fingerprint density at radius 2 is 2.16 bits per heavy atom. The van der Waals surface area contributed by atoms with Gasteiger partial charge in [0.2, 0.25) is 0 Å². The Morgan fingerprint density at radius 1 is 1.16 bits per heavy atom. The highest BCUT2D eigenvalue weighted by Crippen LogP contribution is 2.22. The lowest BCUT2D eigenvalue weighted by Gasteiger charge is -2.05. The SMILES string of the molecule is C1=Cc2cc(Cc3ncnc4nc[nH]c34)ccc2C1. The second-order valence-corrected chi connectivity index (χ2v) is 4.74. The molecule has 0 spiro atoms. The van der Waals surface area contributed by atoms with Crippen molar-refractivity contribution in [3.05, 3.63) is 59.3 Å². The molecule has 4 nitrogen and oxygen atoms in total. The van der Waals surface area contributed by atoms with E-state index in [1.807, 2.05) is 0 Å². The Balaban J connectivity index is 1.75.